The van der Waals surface area contributed by atoms with Crippen molar-refractivity contribution in [2.24, 2.45) is 0 Å². The Kier molecular flexibility index (Phi) is 4.49. The molecule has 0 bridgehead atoms. The highest BCUT2D eigenvalue weighted by molar-refractivity contribution is 5.94. The molecule has 1 saturated heterocycles. The summed E-state index contributed by atoms with van der Waals surface area (Å²) in [6.45, 7) is 5.90. The molecule has 0 unspecified atom stereocenters. The van der Waals surface area contributed by atoms with Crippen LogP contribution in [-0.4, -0.2) is 33.3 Å². The van der Waals surface area contributed by atoms with Crippen molar-refractivity contribution in [2.75, 3.05) is 13.1 Å². The number of carbonyl (C=O) groups excluding carboxylic acids is 1. The summed E-state index contributed by atoms with van der Waals surface area (Å²) < 4.78 is 2.09. The first kappa shape index (κ1) is 16.8. The number of piperidine rings is 1. The second kappa shape index (κ2) is 6.94. The SMILES string of the molecule is Cc1cccc(Cc2c(C)nc3ccc(C(=O)N4CCCCC4)cn23)c1. The van der Waals surface area contributed by atoms with Gasteiger partial charge in [0.25, 0.3) is 5.91 Å². The Balaban J connectivity index is 1.69. The fourth-order valence-corrected chi connectivity index (χ4v) is 3.85. The maximum Gasteiger partial charge on any atom is 0.255 e. The van der Waals surface area contributed by atoms with Gasteiger partial charge in [-0.25, -0.2) is 4.98 Å². The number of nitrogens with zero attached hydrogens (tertiary/aromatic N) is 3. The van der Waals surface area contributed by atoms with E-state index >= 15 is 0 Å². The third kappa shape index (κ3) is 3.24. The van der Waals surface area contributed by atoms with Crippen LogP contribution >= 0.6 is 0 Å². The largest absolute Gasteiger partial charge is 0.339 e. The number of aromatic nitrogens is 2. The number of hydrogen-bond acceptors (Lipinski definition) is 2. The van der Waals surface area contributed by atoms with E-state index in [-0.39, 0.29) is 5.91 Å². The fourth-order valence-electron chi connectivity index (χ4n) is 3.85. The van der Waals surface area contributed by atoms with Gasteiger partial charge in [0, 0.05) is 31.4 Å². The topological polar surface area (TPSA) is 37.6 Å². The first-order chi connectivity index (χ1) is 12.6. The second-order valence-corrected chi connectivity index (χ2v) is 7.31. The molecule has 4 heteroatoms. The van der Waals surface area contributed by atoms with Gasteiger partial charge in [-0.15, -0.1) is 0 Å². The number of likely N-dealkylation sites (tertiary alicyclic amines) is 1. The average Bonchev–Trinajstić information content (AvgIpc) is 2.97. The van der Waals surface area contributed by atoms with Gasteiger partial charge in [0.05, 0.1) is 11.3 Å². The van der Waals surface area contributed by atoms with Crippen molar-refractivity contribution in [2.45, 2.75) is 39.5 Å². The van der Waals surface area contributed by atoms with Gasteiger partial charge in [-0.3, -0.25) is 4.79 Å². The summed E-state index contributed by atoms with van der Waals surface area (Å²) in [5.74, 6) is 0.138. The van der Waals surface area contributed by atoms with Crippen LogP contribution in [0, 0.1) is 13.8 Å². The Labute approximate surface area is 154 Å². The van der Waals surface area contributed by atoms with Crippen LogP contribution in [0.25, 0.3) is 5.65 Å². The second-order valence-electron chi connectivity index (χ2n) is 7.31. The van der Waals surface area contributed by atoms with Gasteiger partial charge in [-0.05, 0) is 50.8 Å². The lowest BCUT2D eigenvalue weighted by atomic mass is 10.1. The molecule has 3 aromatic rings. The molecule has 1 fully saturated rings. The predicted octanol–water partition coefficient (Wildman–Crippen LogP) is 4.17. The van der Waals surface area contributed by atoms with Crippen LogP contribution in [0.1, 0.15) is 52.1 Å². The monoisotopic (exact) mass is 347 g/mol. The van der Waals surface area contributed by atoms with Crippen molar-refractivity contribution in [1.82, 2.24) is 14.3 Å². The molecule has 0 radical (unpaired) electrons. The maximum absolute atomic E-state index is 12.9. The van der Waals surface area contributed by atoms with Crippen LogP contribution in [0.3, 0.4) is 0 Å². The first-order valence-corrected chi connectivity index (χ1v) is 9.44. The zero-order valence-electron chi connectivity index (χ0n) is 15.5. The van der Waals surface area contributed by atoms with E-state index in [1.165, 1.54) is 17.5 Å². The Hall–Kier alpha value is -2.62. The molecule has 0 N–H and O–H groups in total. The fraction of sp³-hybridized carbons (Fsp3) is 0.364. The molecule has 1 aliphatic heterocycles. The average molecular weight is 347 g/mol. The van der Waals surface area contributed by atoms with Crippen molar-refractivity contribution < 1.29 is 4.79 Å². The summed E-state index contributed by atoms with van der Waals surface area (Å²) in [5.41, 5.74) is 6.35. The summed E-state index contributed by atoms with van der Waals surface area (Å²) in [5, 5.41) is 0. The van der Waals surface area contributed by atoms with Crippen molar-refractivity contribution in [3.8, 4) is 0 Å². The van der Waals surface area contributed by atoms with Gasteiger partial charge in [0.15, 0.2) is 0 Å². The van der Waals surface area contributed by atoms with Crippen molar-refractivity contribution in [3.05, 3.63) is 70.7 Å². The number of benzene rings is 1. The van der Waals surface area contributed by atoms with E-state index in [2.05, 4.69) is 40.6 Å². The molecule has 1 aromatic carbocycles. The minimum absolute atomic E-state index is 0.138. The highest BCUT2D eigenvalue weighted by Crippen LogP contribution is 2.20. The summed E-state index contributed by atoms with van der Waals surface area (Å²) >= 11 is 0. The first-order valence-electron chi connectivity index (χ1n) is 9.44. The molecule has 0 aliphatic carbocycles. The minimum atomic E-state index is 0.138. The van der Waals surface area contributed by atoms with Gasteiger partial charge < -0.3 is 9.30 Å². The van der Waals surface area contributed by atoms with Gasteiger partial charge >= 0.3 is 0 Å². The van der Waals surface area contributed by atoms with Crippen LogP contribution in [0.2, 0.25) is 0 Å². The van der Waals surface area contributed by atoms with Gasteiger partial charge in [-0.1, -0.05) is 29.8 Å². The number of aryl methyl sites for hydroxylation is 2. The molecule has 0 saturated carbocycles. The summed E-state index contributed by atoms with van der Waals surface area (Å²) in [4.78, 5) is 19.5. The Morgan fingerprint density at radius 1 is 1.08 bits per heavy atom. The number of amides is 1. The molecule has 2 aromatic heterocycles. The van der Waals surface area contributed by atoms with E-state index in [0.29, 0.717) is 0 Å². The van der Waals surface area contributed by atoms with Crippen LogP contribution in [0.4, 0.5) is 0 Å². The van der Waals surface area contributed by atoms with Crippen LogP contribution in [0.15, 0.2) is 42.6 Å². The van der Waals surface area contributed by atoms with Gasteiger partial charge in [0.2, 0.25) is 0 Å². The molecule has 26 heavy (non-hydrogen) atoms. The predicted molar refractivity (Wildman–Crippen MR) is 104 cm³/mol. The molecule has 0 atom stereocenters. The quantitative estimate of drug-likeness (QED) is 0.713. The molecule has 4 nitrogen and oxygen atoms in total. The number of hydrogen-bond donors (Lipinski definition) is 0. The zero-order chi connectivity index (χ0) is 18.1. The molecule has 1 aliphatic rings. The highest BCUT2D eigenvalue weighted by Gasteiger charge is 2.19. The van der Waals surface area contributed by atoms with Gasteiger partial charge in [-0.2, -0.15) is 0 Å². The van der Waals surface area contributed by atoms with Crippen molar-refractivity contribution in [1.29, 1.82) is 0 Å². The third-order valence-electron chi connectivity index (χ3n) is 5.26. The van der Waals surface area contributed by atoms with Crippen molar-refractivity contribution in [3.63, 3.8) is 0 Å². The van der Waals surface area contributed by atoms with E-state index in [1.54, 1.807) is 0 Å². The third-order valence-corrected chi connectivity index (χ3v) is 5.26. The van der Waals surface area contributed by atoms with E-state index in [4.69, 9.17) is 0 Å². The molecule has 3 heterocycles. The molecule has 0 spiro atoms. The lowest BCUT2D eigenvalue weighted by molar-refractivity contribution is 0.0724. The van der Waals surface area contributed by atoms with Crippen LogP contribution in [0.5, 0.6) is 0 Å². The Morgan fingerprint density at radius 2 is 1.88 bits per heavy atom. The minimum Gasteiger partial charge on any atom is -0.339 e. The standard InChI is InChI=1S/C22H25N3O/c1-16-7-6-8-18(13-16)14-20-17(2)23-21-10-9-19(15-25(20)21)22(26)24-11-4-3-5-12-24/h6-10,13,15H,3-5,11-12,14H2,1-2H3. The van der Waals surface area contributed by atoms with Gasteiger partial charge in [0.1, 0.15) is 5.65 Å². The van der Waals surface area contributed by atoms with Crippen LogP contribution < -0.4 is 0 Å². The molecular formula is C22H25N3O. The molecule has 4 rings (SSSR count). The zero-order valence-corrected chi connectivity index (χ0v) is 15.5. The summed E-state index contributed by atoms with van der Waals surface area (Å²) in [7, 11) is 0. The smallest absolute Gasteiger partial charge is 0.255 e. The normalized spacial score (nSPS) is 14.8. The summed E-state index contributed by atoms with van der Waals surface area (Å²) in [6.07, 6.45) is 6.23. The highest BCUT2D eigenvalue weighted by atomic mass is 16.2. The van der Waals surface area contributed by atoms with E-state index < -0.39 is 0 Å². The Morgan fingerprint density at radius 3 is 2.65 bits per heavy atom. The number of carbonyl (C=O) groups is 1. The molecular weight excluding hydrogens is 322 g/mol. The van der Waals surface area contributed by atoms with Crippen LogP contribution in [-0.2, 0) is 6.42 Å². The Bertz CT molecular complexity index is 951. The molecule has 1 amide bonds. The number of fused-ring (bicyclic) bond motifs is 1. The summed E-state index contributed by atoms with van der Waals surface area (Å²) in [6, 6.07) is 12.4. The maximum atomic E-state index is 12.9. The van der Waals surface area contributed by atoms with E-state index in [9.17, 15) is 4.79 Å². The number of rotatable bonds is 3. The van der Waals surface area contributed by atoms with Crippen molar-refractivity contribution >= 4 is 11.6 Å². The number of imidazole rings is 1. The number of pyridine rings is 1. The molecule has 134 valence electrons. The lowest BCUT2D eigenvalue weighted by Crippen LogP contribution is -2.35. The van der Waals surface area contributed by atoms with E-state index in [1.807, 2.05) is 30.2 Å². The lowest BCUT2D eigenvalue weighted by Gasteiger charge is -2.26. The van der Waals surface area contributed by atoms with E-state index in [0.717, 1.165) is 55.0 Å².